The van der Waals surface area contributed by atoms with Crippen molar-refractivity contribution in [2.24, 2.45) is 0 Å². The number of carbonyl (C=O) groups is 1. The minimum atomic E-state index is -6.75. The zero-order valence-electron chi connectivity index (χ0n) is 11.5. The standard InChI is InChI=1S/C12H5F9O2.Na/c13-6-2-1-5(3-7(6)14)8(22)4-9(23)10(15,16)11(17,18)12(19,20)21;/h1-4,22H;/q;+1/p-1/b8-4-;. The van der Waals surface area contributed by atoms with E-state index in [1.165, 1.54) is 0 Å². The molecule has 0 aromatic heterocycles. The first-order chi connectivity index (χ1) is 10.2. The topological polar surface area (TPSA) is 40.1 Å². The molecule has 12 heteroatoms. The van der Waals surface area contributed by atoms with E-state index in [9.17, 15) is 49.4 Å². The third-order valence-electron chi connectivity index (χ3n) is 2.53. The Morgan fingerprint density at radius 2 is 1.46 bits per heavy atom. The Kier molecular flexibility index (Phi) is 6.99. The van der Waals surface area contributed by atoms with Crippen LogP contribution in [0.25, 0.3) is 5.76 Å². The second kappa shape index (κ2) is 7.36. The Hall–Kier alpha value is -1.20. The summed E-state index contributed by atoms with van der Waals surface area (Å²) in [7, 11) is 0. The van der Waals surface area contributed by atoms with Crippen LogP contribution in [0.3, 0.4) is 0 Å². The van der Waals surface area contributed by atoms with Crippen LogP contribution in [-0.2, 0) is 4.79 Å². The van der Waals surface area contributed by atoms with Gasteiger partial charge in [-0.25, -0.2) is 8.78 Å². The molecule has 1 aromatic rings. The van der Waals surface area contributed by atoms with Gasteiger partial charge in [0.25, 0.3) is 0 Å². The smallest absolute Gasteiger partial charge is 0.872 e. The van der Waals surface area contributed by atoms with Gasteiger partial charge in [-0.05, 0) is 23.8 Å². The molecule has 0 amide bonds. The molecular formula is C12H4F9NaO2. The van der Waals surface area contributed by atoms with E-state index in [1.54, 1.807) is 0 Å². The predicted octanol–water partition coefficient (Wildman–Crippen LogP) is 0.0720. The molecule has 0 saturated carbocycles. The first-order valence-electron chi connectivity index (χ1n) is 5.42. The normalized spacial score (nSPS) is 13.5. The first-order valence-corrected chi connectivity index (χ1v) is 5.42. The molecule has 0 radical (unpaired) electrons. The summed E-state index contributed by atoms with van der Waals surface area (Å²) in [6.45, 7) is 0. The van der Waals surface area contributed by atoms with Crippen molar-refractivity contribution >= 4 is 11.5 Å². The summed E-state index contributed by atoms with van der Waals surface area (Å²) in [4.78, 5) is 10.9. The van der Waals surface area contributed by atoms with E-state index < -0.39 is 52.8 Å². The Labute approximate surface area is 150 Å². The molecule has 0 unspecified atom stereocenters. The van der Waals surface area contributed by atoms with Crippen LogP contribution in [0.4, 0.5) is 39.5 Å². The second-order valence-corrected chi connectivity index (χ2v) is 4.15. The molecule has 0 aliphatic rings. The average molecular weight is 374 g/mol. The number of carbonyl (C=O) groups excluding carboxylic acids is 1. The molecule has 0 heterocycles. The number of hydrogen-bond donors (Lipinski definition) is 0. The maximum absolute atomic E-state index is 13.0. The van der Waals surface area contributed by atoms with Crippen LogP contribution in [0.5, 0.6) is 0 Å². The molecule has 0 aliphatic heterocycles. The van der Waals surface area contributed by atoms with Crippen LogP contribution in [-0.4, -0.2) is 23.8 Å². The number of halogens is 9. The summed E-state index contributed by atoms with van der Waals surface area (Å²) in [6, 6.07) is 1.04. The van der Waals surface area contributed by atoms with Gasteiger partial charge in [0.15, 0.2) is 11.6 Å². The van der Waals surface area contributed by atoms with Crippen LogP contribution < -0.4 is 34.7 Å². The molecule has 128 valence electrons. The van der Waals surface area contributed by atoms with Crippen molar-refractivity contribution in [2.75, 3.05) is 0 Å². The summed E-state index contributed by atoms with van der Waals surface area (Å²) in [6.07, 6.45) is -7.49. The third kappa shape index (κ3) is 4.25. The Morgan fingerprint density at radius 3 is 1.88 bits per heavy atom. The number of hydrogen-bond acceptors (Lipinski definition) is 2. The van der Waals surface area contributed by atoms with Gasteiger partial charge >= 0.3 is 47.6 Å². The molecule has 24 heavy (non-hydrogen) atoms. The average Bonchev–Trinajstić information content (AvgIpc) is 2.40. The van der Waals surface area contributed by atoms with Crippen molar-refractivity contribution in [1.29, 1.82) is 0 Å². The van der Waals surface area contributed by atoms with E-state index in [-0.39, 0.29) is 35.6 Å². The molecule has 2 nitrogen and oxygen atoms in total. The van der Waals surface area contributed by atoms with Crippen molar-refractivity contribution in [1.82, 2.24) is 0 Å². The van der Waals surface area contributed by atoms with Crippen LogP contribution >= 0.6 is 0 Å². The maximum Gasteiger partial charge on any atom is 1.00 e. The molecular weight excluding hydrogens is 370 g/mol. The van der Waals surface area contributed by atoms with Gasteiger partial charge in [0.1, 0.15) is 0 Å². The van der Waals surface area contributed by atoms with Crippen LogP contribution in [0, 0.1) is 11.6 Å². The van der Waals surface area contributed by atoms with Crippen LogP contribution in [0.1, 0.15) is 5.56 Å². The van der Waals surface area contributed by atoms with Crippen molar-refractivity contribution in [2.45, 2.75) is 18.0 Å². The van der Waals surface area contributed by atoms with Crippen LogP contribution in [0.2, 0.25) is 0 Å². The SMILES string of the molecule is O=C(/C=C(\[O-])c1ccc(F)c(F)c1)C(F)(F)C(F)(F)C(F)(F)F.[Na+]. The molecule has 0 spiro atoms. The summed E-state index contributed by atoms with van der Waals surface area (Å²) >= 11 is 0. The molecule has 0 N–H and O–H groups in total. The van der Waals surface area contributed by atoms with Crippen molar-refractivity contribution in [3.63, 3.8) is 0 Å². The predicted molar refractivity (Wildman–Crippen MR) is 55.3 cm³/mol. The number of benzene rings is 1. The Balaban J connectivity index is 0.00000529. The van der Waals surface area contributed by atoms with Crippen molar-refractivity contribution in [3.05, 3.63) is 41.5 Å². The van der Waals surface area contributed by atoms with E-state index in [2.05, 4.69) is 0 Å². The minimum absolute atomic E-state index is 0. The van der Waals surface area contributed by atoms with Gasteiger partial charge in [0.2, 0.25) is 5.78 Å². The zero-order valence-corrected chi connectivity index (χ0v) is 13.5. The van der Waals surface area contributed by atoms with Gasteiger partial charge in [-0.2, -0.15) is 30.7 Å². The molecule has 0 atom stereocenters. The zero-order chi connectivity index (χ0) is 18.2. The molecule has 0 bridgehead atoms. The summed E-state index contributed by atoms with van der Waals surface area (Å²) in [5, 5.41) is 11.3. The van der Waals surface area contributed by atoms with E-state index in [0.29, 0.717) is 12.1 Å². The first kappa shape index (κ1) is 22.8. The summed E-state index contributed by atoms with van der Waals surface area (Å²) in [5.41, 5.74) is -0.900. The molecule has 0 fully saturated rings. The summed E-state index contributed by atoms with van der Waals surface area (Å²) in [5.74, 6) is -21.0. The van der Waals surface area contributed by atoms with Gasteiger partial charge in [0.05, 0.1) is 0 Å². The number of ketones is 1. The molecule has 1 rings (SSSR count). The monoisotopic (exact) mass is 374 g/mol. The number of allylic oxidation sites excluding steroid dienone is 1. The van der Waals surface area contributed by atoms with E-state index in [0.717, 1.165) is 0 Å². The van der Waals surface area contributed by atoms with Gasteiger partial charge in [-0.15, -0.1) is 0 Å². The van der Waals surface area contributed by atoms with E-state index in [4.69, 9.17) is 0 Å². The maximum atomic E-state index is 13.0. The van der Waals surface area contributed by atoms with E-state index in [1.807, 2.05) is 0 Å². The number of alkyl halides is 7. The Bertz CT molecular complexity index is 652. The second-order valence-electron chi connectivity index (χ2n) is 4.15. The van der Waals surface area contributed by atoms with Gasteiger partial charge in [-0.1, -0.05) is 11.8 Å². The van der Waals surface area contributed by atoms with Gasteiger partial charge < -0.3 is 5.11 Å². The fourth-order valence-corrected chi connectivity index (χ4v) is 1.28. The van der Waals surface area contributed by atoms with Crippen molar-refractivity contribution < 1.29 is 79.0 Å². The fourth-order valence-electron chi connectivity index (χ4n) is 1.28. The number of rotatable bonds is 4. The molecule has 0 saturated heterocycles. The molecule has 0 aliphatic carbocycles. The fraction of sp³-hybridized carbons (Fsp3) is 0.250. The molecule has 1 aromatic carbocycles. The van der Waals surface area contributed by atoms with Crippen LogP contribution in [0.15, 0.2) is 24.3 Å². The summed E-state index contributed by atoms with van der Waals surface area (Å²) < 4.78 is 112. The Morgan fingerprint density at radius 1 is 0.958 bits per heavy atom. The third-order valence-corrected chi connectivity index (χ3v) is 2.53. The largest absolute Gasteiger partial charge is 1.00 e. The van der Waals surface area contributed by atoms with Gasteiger partial charge in [-0.3, -0.25) is 4.79 Å². The quantitative estimate of drug-likeness (QED) is 0.324. The minimum Gasteiger partial charge on any atom is -0.872 e. The van der Waals surface area contributed by atoms with Crippen molar-refractivity contribution in [3.8, 4) is 0 Å². The van der Waals surface area contributed by atoms with Gasteiger partial charge in [0, 0.05) is 0 Å². The van der Waals surface area contributed by atoms with E-state index >= 15 is 0 Å².